The second-order valence-corrected chi connectivity index (χ2v) is 7.69. The van der Waals surface area contributed by atoms with E-state index in [4.69, 9.17) is 0 Å². The SMILES string of the molecule is CC1=C2CC23C(=N1)CC(=O)C1=C3CC(C(=O)c2cc3ccccc3[nH]2)N1. The molecule has 6 rings (SSSR count). The average molecular weight is 343 g/mol. The van der Waals surface area contributed by atoms with Gasteiger partial charge in [0.2, 0.25) is 5.78 Å². The summed E-state index contributed by atoms with van der Waals surface area (Å²) in [6.07, 6.45) is 1.93. The van der Waals surface area contributed by atoms with Crippen molar-refractivity contribution in [3.05, 3.63) is 58.6 Å². The van der Waals surface area contributed by atoms with Gasteiger partial charge in [0.1, 0.15) is 0 Å². The van der Waals surface area contributed by atoms with Crippen LogP contribution in [-0.4, -0.2) is 28.3 Å². The first-order chi connectivity index (χ1) is 12.6. The second-order valence-electron chi connectivity index (χ2n) is 7.69. The third-order valence-electron chi connectivity index (χ3n) is 6.33. The van der Waals surface area contributed by atoms with Gasteiger partial charge in [0, 0.05) is 22.3 Å². The molecule has 1 spiro atoms. The molecule has 2 aromatic rings. The number of allylic oxidation sites excluding steroid dienone is 3. The molecule has 5 heteroatoms. The summed E-state index contributed by atoms with van der Waals surface area (Å²) in [4.78, 5) is 33.5. The number of hydrogen-bond acceptors (Lipinski definition) is 4. The van der Waals surface area contributed by atoms with Gasteiger partial charge in [-0.3, -0.25) is 14.6 Å². The van der Waals surface area contributed by atoms with E-state index in [0.29, 0.717) is 24.2 Å². The Morgan fingerprint density at radius 1 is 1.27 bits per heavy atom. The predicted octanol–water partition coefficient (Wildman–Crippen LogP) is 3.06. The second kappa shape index (κ2) is 4.41. The van der Waals surface area contributed by atoms with Crippen molar-refractivity contribution in [2.45, 2.75) is 32.2 Å². The van der Waals surface area contributed by atoms with Crippen molar-refractivity contribution >= 4 is 28.2 Å². The quantitative estimate of drug-likeness (QED) is 0.823. The molecule has 0 bridgehead atoms. The van der Waals surface area contributed by atoms with Crippen LogP contribution in [0.3, 0.4) is 0 Å². The van der Waals surface area contributed by atoms with E-state index in [0.717, 1.165) is 34.3 Å². The fourth-order valence-corrected chi connectivity index (χ4v) is 5.00. The van der Waals surface area contributed by atoms with Crippen molar-refractivity contribution in [1.82, 2.24) is 10.3 Å². The molecule has 5 nitrogen and oxygen atoms in total. The van der Waals surface area contributed by atoms with Crippen LogP contribution in [0.2, 0.25) is 0 Å². The van der Waals surface area contributed by atoms with Gasteiger partial charge in [0.05, 0.1) is 29.3 Å². The number of H-pyrrole nitrogens is 1. The number of para-hydroxylation sites is 1. The minimum Gasteiger partial charge on any atom is -0.372 e. The highest BCUT2D eigenvalue weighted by Crippen LogP contribution is 2.67. The first kappa shape index (κ1) is 14.2. The van der Waals surface area contributed by atoms with Gasteiger partial charge in [-0.05, 0) is 43.0 Å². The summed E-state index contributed by atoms with van der Waals surface area (Å²) < 4.78 is 0. The summed E-state index contributed by atoms with van der Waals surface area (Å²) in [6, 6.07) is 9.37. The van der Waals surface area contributed by atoms with Crippen molar-refractivity contribution in [3.63, 3.8) is 0 Å². The summed E-state index contributed by atoms with van der Waals surface area (Å²) in [7, 11) is 0. The number of carbonyl (C=O) groups is 2. The molecule has 128 valence electrons. The Hall–Kier alpha value is -2.95. The van der Waals surface area contributed by atoms with Gasteiger partial charge >= 0.3 is 0 Å². The number of nitrogens with zero attached hydrogens (tertiary/aromatic N) is 1. The fourth-order valence-electron chi connectivity index (χ4n) is 5.00. The van der Waals surface area contributed by atoms with Crippen LogP contribution in [0.15, 0.2) is 57.9 Å². The number of aromatic amines is 1. The molecular formula is C21H17N3O2. The van der Waals surface area contributed by atoms with Gasteiger partial charge < -0.3 is 10.3 Å². The van der Waals surface area contributed by atoms with Crippen molar-refractivity contribution in [1.29, 1.82) is 0 Å². The summed E-state index contributed by atoms with van der Waals surface area (Å²) in [6.45, 7) is 2.02. The third-order valence-corrected chi connectivity index (χ3v) is 6.33. The van der Waals surface area contributed by atoms with E-state index in [1.54, 1.807) is 0 Å². The maximum Gasteiger partial charge on any atom is 0.201 e. The number of Topliss-reactive ketones (excluding diaryl/α,β-unsaturated/α-hetero) is 2. The number of rotatable bonds is 2. The van der Waals surface area contributed by atoms with E-state index >= 15 is 0 Å². The average Bonchev–Trinajstić information content (AvgIpc) is 2.96. The van der Waals surface area contributed by atoms with Gasteiger partial charge in [0.15, 0.2) is 5.78 Å². The van der Waals surface area contributed by atoms with Gasteiger partial charge in [-0.15, -0.1) is 0 Å². The zero-order chi connectivity index (χ0) is 17.6. The Labute approximate surface area is 149 Å². The van der Waals surface area contributed by atoms with Crippen molar-refractivity contribution < 1.29 is 9.59 Å². The molecular weight excluding hydrogens is 326 g/mol. The van der Waals surface area contributed by atoms with E-state index in [2.05, 4.69) is 15.3 Å². The molecule has 0 radical (unpaired) electrons. The fraction of sp³-hybridized carbons (Fsp3) is 0.286. The van der Waals surface area contributed by atoms with Gasteiger partial charge in [0.25, 0.3) is 0 Å². The minimum absolute atomic E-state index is 0.0131. The summed E-state index contributed by atoms with van der Waals surface area (Å²) in [5, 5.41) is 4.27. The summed E-state index contributed by atoms with van der Waals surface area (Å²) in [5.41, 5.74) is 6.58. The highest BCUT2D eigenvalue weighted by molar-refractivity contribution is 6.21. The number of nitrogens with one attached hydrogen (secondary N) is 2. The number of ketones is 2. The lowest BCUT2D eigenvalue weighted by molar-refractivity contribution is -0.115. The standard InChI is InChI=1S/C21H17N3O2/c1-10-13-9-21(13)12-7-16(24-19(12)17(25)8-18(21)22-10)20(26)15-6-11-4-2-3-5-14(11)23-15/h2-6,16,23-24H,7-9H2,1H3. The monoisotopic (exact) mass is 343 g/mol. The number of aliphatic imine (C=N–C) groups is 1. The smallest absolute Gasteiger partial charge is 0.201 e. The number of fused-ring (bicyclic) bond motifs is 1. The molecule has 2 aliphatic heterocycles. The molecule has 26 heavy (non-hydrogen) atoms. The Morgan fingerprint density at radius 2 is 2.12 bits per heavy atom. The van der Waals surface area contributed by atoms with Crippen LogP contribution in [-0.2, 0) is 4.79 Å². The molecule has 1 aromatic heterocycles. The van der Waals surface area contributed by atoms with Crippen LogP contribution >= 0.6 is 0 Å². The highest BCUT2D eigenvalue weighted by atomic mass is 16.1. The van der Waals surface area contributed by atoms with E-state index < -0.39 is 0 Å². The van der Waals surface area contributed by atoms with E-state index in [9.17, 15) is 9.59 Å². The Bertz CT molecular complexity index is 1110. The van der Waals surface area contributed by atoms with Gasteiger partial charge in [-0.1, -0.05) is 18.2 Å². The number of benzene rings is 1. The van der Waals surface area contributed by atoms with Crippen LogP contribution in [0.5, 0.6) is 0 Å². The van der Waals surface area contributed by atoms with Crippen molar-refractivity contribution in [2.75, 3.05) is 0 Å². The topological polar surface area (TPSA) is 74.3 Å². The Kier molecular flexibility index (Phi) is 2.42. The third kappa shape index (κ3) is 1.59. The van der Waals surface area contributed by atoms with Crippen molar-refractivity contribution in [3.8, 4) is 0 Å². The first-order valence-corrected chi connectivity index (χ1v) is 9.01. The summed E-state index contributed by atoms with van der Waals surface area (Å²) in [5.74, 6) is 0.0801. The lowest BCUT2D eigenvalue weighted by atomic mass is 9.79. The van der Waals surface area contributed by atoms with Crippen molar-refractivity contribution in [2.24, 2.45) is 10.4 Å². The Balaban J connectivity index is 1.36. The molecule has 1 fully saturated rings. The molecule has 2 aliphatic carbocycles. The van der Waals surface area contributed by atoms with Crippen LogP contribution in [0, 0.1) is 5.41 Å². The minimum atomic E-state index is -0.381. The summed E-state index contributed by atoms with van der Waals surface area (Å²) >= 11 is 0. The molecule has 2 unspecified atom stereocenters. The predicted molar refractivity (Wildman–Crippen MR) is 98.0 cm³/mol. The molecule has 2 N–H and O–H groups in total. The number of aromatic nitrogens is 1. The maximum atomic E-state index is 13.1. The largest absolute Gasteiger partial charge is 0.372 e. The molecule has 2 atom stereocenters. The lowest BCUT2D eigenvalue weighted by Crippen LogP contribution is -2.35. The zero-order valence-electron chi connectivity index (χ0n) is 14.3. The number of carbonyl (C=O) groups excluding carboxylic acids is 2. The van der Waals surface area contributed by atoms with Gasteiger partial charge in [-0.25, -0.2) is 0 Å². The van der Waals surface area contributed by atoms with Gasteiger partial charge in [-0.2, -0.15) is 0 Å². The number of hydrogen-bond donors (Lipinski definition) is 2. The molecule has 0 amide bonds. The van der Waals surface area contributed by atoms with Crippen LogP contribution in [0.4, 0.5) is 0 Å². The Morgan fingerprint density at radius 3 is 2.92 bits per heavy atom. The van der Waals surface area contributed by atoms with Crippen LogP contribution in [0.25, 0.3) is 10.9 Å². The van der Waals surface area contributed by atoms with E-state index in [1.165, 1.54) is 5.57 Å². The first-order valence-electron chi connectivity index (χ1n) is 9.01. The maximum absolute atomic E-state index is 13.1. The van der Waals surface area contributed by atoms with E-state index in [-0.39, 0.29) is 23.0 Å². The zero-order valence-corrected chi connectivity index (χ0v) is 14.3. The molecule has 1 aromatic carbocycles. The molecule has 4 aliphatic rings. The van der Waals surface area contributed by atoms with Crippen LogP contribution in [0.1, 0.15) is 36.7 Å². The normalized spacial score (nSPS) is 28.7. The molecule has 1 saturated carbocycles. The van der Waals surface area contributed by atoms with Crippen LogP contribution < -0.4 is 5.32 Å². The molecule has 3 heterocycles. The van der Waals surface area contributed by atoms with E-state index in [1.807, 2.05) is 37.3 Å². The lowest BCUT2D eigenvalue weighted by Gasteiger charge is -2.22. The molecule has 0 saturated heterocycles. The highest BCUT2D eigenvalue weighted by Gasteiger charge is 2.64.